The van der Waals surface area contributed by atoms with Crippen LogP contribution in [0.25, 0.3) is 0 Å². The molecule has 0 aliphatic heterocycles. The highest BCUT2D eigenvalue weighted by atomic mass is 32.2. The van der Waals surface area contributed by atoms with Gasteiger partial charge in [0.25, 0.3) is 0 Å². The molecule has 1 unspecified atom stereocenters. The zero-order valence-corrected chi connectivity index (χ0v) is 12.1. The Morgan fingerprint density at radius 2 is 1.79 bits per heavy atom. The minimum atomic E-state index is -4.22. The molecule has 6 heteroatoms. The Kier molecular flexibility index (Phi) is 6.16. The van der Waals surface area contributed by atoms with Crippen molar-refractivity contribution in [2.24, 2.45) is 0 Å². The fourth-order valence-electron chi connectivity index (χ4n) is 1.71. The zero-order chi connectivity index (χ0) is 14.5. The van der Waals surface area contributed by atoms with E-state index in [4.69, 9.17) is 0 Å². The fraction of sp³-hybridized carbons (Fsp3) is 0.538. The molecule has 1 aromatic carbocycles. The van der Waals surface area contributed by atoms with Gasteiger partial charge in [-0.3, -0.25) is 0 Å². The van der Waals surface area contributed by atoms with Crippen LogP contribution in [0, 0.1) is 0 Å². The van der Waals surface area contributed by atoms with Crippen molar-refractivity contribution in [1.29, 1.82) is 0 Å². The fourth-order valence-corrected chi connectivity index (χ4v) is 2.25. The quantitative estimate of drug-likeness (QED) is 0.810. The smallest absolute Gasteiger partial charge is 0.309 e. The summed E-state index contributed by atoms with van der Waals surface area (Å²) in [5.74, 6) is 0. The Morgan fingerprint density at radius 1 is 1.21 bits per heavy atom. The Bertz CT molecular complexity index is 376. The molecule has 1 rings (SSSR count). The first-order valence-corrected chi connectivity index (χ1v) is 6.81. The monoisotopic (exact) mass is 292 g/mol. The molecule has 0 aliphatic rings. The van der Waals surface area contributed by atoms with Crippen LogP contribution in [0.15, 0.2) is 29.2 Å². The van der Waals surface area contributed by atoms with Gasteiger partial charge in [-0.1, -0.05) is 12.1 Å². The van der Waals surface area contributed by atoms with E-state index in [1.165, 1.54) is 12.1 Å². The Hall–Kier alpha value is -0.720. The summed E-state index contributed by atoms with van der Waals surface area (Å²) in [5, 5.41) is 3.33. The first-order valence-electron chi connectivity index (χ1n) is 5.99. The van der Waals surface area contributed by atoms with Gasteiger partial charge in [-0.2, -0.15) is 13.2 Å². The van der Waals surface area contributed by atoms with Gasteiger partial charge in [0.15, 0.2) is 0 Å². The highest BCUT2D eigenvalue weighted by Gasteiger charge is 2.28. The van der Waals surface area contributed by atoms with Gasteiger partial charge in [0.1, 0.15) is 0 Å². The van der Waals surface area contributed by atoms with Crippen molar-refractivity contribution >= 4 is 11.8 Å². The minimum Gasteiger partial charge on any atom is -0.309 e. The van der Waals surface area contributed by atoms with Gasteiger partial charge in [0, 0.05) is 24.0 Å². The molecule has 0 radical (unpaired) electrons. The van der Waals surface area contributed by atoms with Gasteiger partial charge in [0.05, 0.1) is 0 Å². The molecule has 0 aromatic heterocycles. The van der Waals surface area contributed by atoms with E-state index in [1.807, 2.05) is 14.1 Å². The molecule has 1 atom stereocenters. The summed E-state index contributed by atoms with van der Waals surface area (Å²) in [7, 11) is 4.00. The molecule has 108 valence electrons. The Balaban J connectivity index is 2.44. The number of benzene rings is 1. The normalized spacial score (nSPS) is 13.8. The minimum absolute atomic E-state index is 0.0848. The highest BCUT2D eigenvalue weighted by molar-refractivity contribution is 8.00. The van der Waals surface area contributed by atoms with Crippen LogP contribution >= 0.6 is 11.8 Å². The zero-order valence-electron chi connectivity index (χ0n) is 11.3. The lowest BCUT2D eigenvalue weighted by Gasteiger charge is -2.18. The van der Waals surface area contributed by atoms with Crippen molar-refractivity contribution in [3.05, 3.63) is 29.8 Å². The second-order valence-electron chi connectivity index (χ2n) is 4.74. The molecule has 0 saturated carbocycles. The number of halogens is 3. The average Bonchev–Trinajstić information content (AvgIpc) is 2.25. The predicted molar refractivity (Wildman–Crippen MR) is 73.2 cm³/mol. The number of likely N-dealkylation sites (N-methyl/N-ethyl adjacent to an activating group) is 1. The SMILES string of the molecule is CC(CN(C)C)NCc1ccc(SC(F)(F)F)cc1. The average molecular weight is 292 g/mol. The van der Waals surface area contributed by atoms with E-state index in [1.54, 1.807) is 12.1 Å². The third-order valence-electron chi connectivity index (χ3n) is 2.45. The summed E-state index contributed by atoms with van der Waals surface area (Å²) < 4.78 is 36.5. The lowest BCUT2D eigenvalue weighted by molar-refractivity contribution is -0.0328. The van der Waals surface area contributed by atoms with Gasteiger partial charge < -0.3 is 10.2 Å². The maximum atomic E-state index is 12.2. The maximum Gasteiger partial charge on any atom is 0.446 e. The molecule has 0 aliphatic carbocycles. The molecular weight excluding hydrogens is 273 g/mol. The van der Waals surface area contributed by atoms with Gasteiger partial charge in [-0.15, -0.1) is 0 Å². The molecule has 0 amide bonds. The molecule has 0 heterocycles. The lowest BCUT2D eigenvalue weighted by Crippen LogP contribution is -2.35. The van der Waals surface area contributed by atoms with E-state index in [-0.39, 0.29) is 16.7 Å². The van der Waals surface area contributed by atoms with Crippen molar-refractivity contribution in [3.8, 4) is 0 Å². The molecule has 0 bridgehead atoms. The highest BCUT2D eigenvalue weighted by Crippen LogP contribution is 2.36. The van der Waals surface area contributed by atoms with E-state index >= 15 is 0 Å². The number of alkyl halides is 3. The molecule has 0 saturated heterocycles. The maximum absolute atomic E-state index is 12.2. The molecule has 1 N–H and O–H groups in total. The van der Waals surface area contributed by atoms with Crippen LogP contribution < -0.4 is 5.32 Å². The summed E-state index contributed by atoms with van der Waals surface area (Å²) in [6, 6.07) is 6.80. The summed E-state index contributed by atoms with van der Waals surface area (Å²) in [5.41, 5.74) is -3.24. The van der Waals surface area contributed by atoms with Crippen LogP contribution in [-0.2, 0) is 6.54 Å². The van der Waals surface area contributed by atoms with Gasteiger partial charge in [0.2, 0.25) is 0 Å². The van der Waals surface area contributed by atoms with Gasteiger partial charge in [-0.05, 0) is 50.5 Å². The molecule has 19 heavy (non-hydrogen) atoms. The van der Waals surface area contributed by atoms with Crippen molar-refractivity contribution in [3.63, 3.8) is 0 Å². The number of hydrogen-bond donors (Lipinski definition) is 1. The first-order chi connectivity index (χ1) is 8.76. The third-order valence-corrected chi connectivity index (χ3v) is 3.19. The number of rotatable bonds is 6. The number of thioether (sulfide) groups is 1. The van der Waals surface area contributed by atoms with E-state index < -0.39 is 5.51 Å². The topological polar surface area (TPSA) is 15.3 Å². The van der Waals surface area contributed by atoms with Crippen LogP contribution in [0.2, 0.25) is 0 Å². The van der Waals surface area contributed by atoms with Gasteiger partial charge >= 0.3 is 5.51 Å². The Labute approximate surface area is 116 Å². The summed E-state index contributed by atoms with van der Waals surface area (Å²) in [6.07, 6.45) is 0. The first kappa shape index (κ1) is 16.3. The predicted octanol–water partition coefficient (Wildman–Crippen LogP) is 3.34. The molecule has 2 nitrogen and oxygen atoms in total. The molecule has 0 spiro atoms. The van der Waals surface area contributed by atoms with E-state index in [0.29, 0.717) is 12.6 Å². The van der Waals surface area contributed by atoms with Crippen molar-refractivity contribution < 1.29 is 13.2 Å². The van der Waals surface area contributed by atoms with E-state index in [9.17, 15) is 13.2 Å². The van der Waals surface area contributed by atoms with Crippen LogP contribution in [0.3, 0.4) is 0 Å². The second kappa shape index (κ2) is 7.17. The molecule has 0 fully saturated rings. The van der Waals surface area contributed by atoms with Crippen molar-refractivity contribution in [1.82, 2.24) is 10.2 Å². The number of nitrogens with zero attached hydrogens (tertiary/aromatic N) is 1. The Morgan fingerprint density at radius 3 is 2.26 bits per heavy atom. The number of hydrogen-bond acceptors (Lipinski definition) is 3. The summed E-state index contributed by atoms with van der Waals surface area (Å²) >= 11 is -0.0848. The third kappa shape index (κ3) is 7.44. The van der Waals surface area contributed by atoms with E-state index in [2.05, 4.69) is 17.1 Å². The molecular formula is C13H19F3N2S. The number of nitrogens with one attached hydrogen (secondary N) is 1. The van der Waals surface area contributed by atoms with Crippen LogP contribution in [0.5, 0.6) is 0 Å². The summed E-state index contributed by atoms with van der Waals surface area (Å²) in [4.78, 5) is 2.30. The largest absolute Gasteiger partial charge is 0.446 e. The van der Waals surface area contributed by atoms with E-state index in [0.717, 1.165) is 12.1 Å². The van der Waals surface area contributed by atoms with Crippen molar-refractivity contribution in [2.45, 2.75) is 29.9 Å². The second-order valence-corrected chi connectivity index (χ2v) is 5.87. The van der Waals surface area contributed by atoms with Crippen LogP contribution in [-0.4, -0.2) is 37.1 Å². The van der Waals surface area contributed by atoms with Crippen LogP contribution in [0.4, 0.5) is 13.2 Å². The standard InChI is InChI=1S/C13H19F3N2S/c1-10(9-18(2)3)17-8-11-4-6-12(7-5-11)19-13(14,15)16/h4-7,10,17H,8-9H2,1-3H3. The van der Waals surface area contributed by atoms with Crippen molar-refractivity contribution in [2.75, 3.05) is 20.6 Å². The summed E-state index contributed by atoms with van der Waals surface area (Å²) in [6.45, 7) is 3.65. The van der Waals surface area contributed by atoms with Crippen LogP contribution in [0.1, 0.15) is 12.5 Å². The molecule has 1 aromatic rings. The lowest BCUT2D eigenvalue weighted by atomic mass is 10.2. The van der Waals surface area contributed by atoms with Gasteiger partial charge in [-0.25, -0.2) is 0 Å².